The number of thioether (sulfide) groups is 2. The standard InChI is InChI=1S/C54H65N9O6S2.C29H43N5O4S2.C24H23N5O3/c1-33(64)28-43(52(69)62-31-41(65)29-45(62)50(67)58-34(2)36-18-20-37(21-19-36)47-35(3)57-32-70-47)54(4,5)71-27-13-7-12-26-55-49(66)38-22-24-39(25-23-38)59-53-56-30-46-48(60-53)63(40-14-8-9-15-40)44-17-11-10-16-42(44)51(68)61(46)6;1-18(21-9-11-22(12-10-21)25-19(2)31-17-39-25)32-27(37)24-15-23(36)16-34(24)28(38)26(33-20(3)35)29(4,5)40-14-8-6-7-13-30;1-28-20-14-25-24(26-16-12-10-15(11-13-16)23(31)32)27-21(20)29(17-6-2-3-7-17)19-9-5-4-8-18(19)22(28)30/h10-11,16-25,30,32,34,40-41,43,45,65H,7-9,12-15,26-29,31H2,1-6H3,(H,55,66)(H,58,67)(H,56,59,60);9-12,17-18,23-24,26,36H,6-8,13-16,30H2,1-5H3,(H,32,37)(H,33,35);4-5,8-14,17H,2-3,6-7H2,1H3,(H,31,32)(H,25,26,27)/t34-,41+,43+,45-;18-,23+,24-,26+;/m00./s1. The summed E-state index contributed by atoms with van der Waals surface area (Å²) in [4.78, 5) is 171. The number of nitrogens with one attached hydrogen (secondary N) is 6. The maximum Gasteiger partial charge on any atom is 0.335 e. The fourth-order valence-electron chi connectivity index (χ4n) is 19.3. The van der Waals surface area contributed by atoms with Crippen molar-refractivity contribution in [2.45, 2.75) is 242 Å². The van der Waals surface area contributed by atoms with Gasteiger partial charge in [0.15, 0.2) is 11.6 Å². The number of nitrogens with zero attached hydrogens (tertiary/aromatic N) is 12. The van der Waals surface area contributed by atoms with Crippen LogP contribution >= 0.6 is 46.2 Å². The number of hydrogen-bond donors (Lipinski definition) is 10. The highest BCUT2D eigenvalue weighted by atomic mass is 32.2. The average Bonchev–Trinajstić information content (AvgIpc) is 1.62. The van der Waals surface area contributed by atoms with Crippen molar-refractivity contribution >= 4 is 163 Å². The monoisotopic (exact) mass is 2020 g/mol. The molecule has 0 radical (unpaired) electrons. The lowest BCUT2D eigenvalue weighted by atomic mass is 9.88. The molecule has 11 N–H and O–H groups in total. The van der Waals surface area contributed by atoms with Crippen LogP contribution < -0.4 is 57.2 Å². The van der Waals surface area contributed by atoms with Gasteiger partial charge in [-0.3, -0.25) is 38.4 Å². The number of carbonyl (C=O) groups excluding carboxylic acids is 9. The molecule has 16 rings (SSSR count). The number of aromatic nitrogens is 6. The van der Waals surface area contributed by atoms with Crippen LogP contribution in [0.5, 0.6) is 0 Å². The summed E-state index contributed by atoms with van der Waals surface area (Å²) in [5, 5.41) is 48.7. The molecule has 0 unspecified atom stereocenters. The molecule has 4 aromatic heterocycles. The molecule has 32 nitrogen and oxygen atoms in total. The van der Waals surface area contributed by atoms with Crippen molar-refractivity contribution in [1.82, 2.24) is 61.0 Å². The number of aromatic carboxylic acids is 1. The molecule has 2 aliphatic carbocycles. The van der Waals surface area contributed by atoms with E-state index in [1.165, 1.54) is 35.8 Å². The predicted molar refractivity (Wildman–Crippen MR) is 566 cm³/mol. The lowest BCUT2D eigenvalue weighted by Crippen LogP contribution is -2.59. The highest BCUT2D eigenvalue weighted by Crippen LogP contribution is 2.48. The van der Waals surface area contributed by atoms with E-state index in [2.05, 4.69) is 61.6 Å². The molecule has 2 saturated heterocycles. The topological polar surface area (TPSA) is 426 Å². The van der Waals surface area contributed by atoms with Crippen molar-refractivity contribution in [3.63, 3.8) is 0 Å². The molecule has 0 spiro atoms. The van der Waals surface area contributed by atoms with Gasteiger partial charge in [-0.05, 0) is 227 Å². The van der Waals surface area contributed by atoms with E-state index in [-0.39, 0.29) is 115 Å². The van der Waals surface area contributed by atoms with Gasteiger partial charge >= 0.3 is 5.97 Å². The number of anilines is 10. The van der Waals surface area contributed by atoms with Gasteiger partial charge in [0.05, 0.1) is 103 Å². The van der Waals surface area contributed by atoms with E-state index in [1.807, 2.05) is 176 Å². The predicted octanol–water partition coefficient (Wildman–Crippen LogP) is 17.2. The fourth-order valence-corrected chi connectivity index (χ4v) is 23.4. The highest BCUT2D eigenvalue weighted by molar-refractivity contribution is 8.00. The van der Waals surface area contributed by atoms with Gasteiger partial charge in [0.2, 0.25) is 41.4 Å². The number of fused-ring (bicyclic) bond motifs is 4. The third-order valence-electron chi connectivity index (χ3n) is 27.4. The molecular formula is C107H131N19O13S4. The van der Waals surface area contributed by atoms with Crippen LogP contribution in [-0.2, 0) is 28.8 Å². The van der Waals surface area contributed by atoms with Gasteiger partial charge < -0.3 is 87.1 Å². The number of carboxylic acids is 1. The molecule has 8 atom stereocenters. The highest BCUT2D eigenvalue weighted by Gasteiger charge is 2.49. The summed E-state index contributed by atoms with van der Waals surface area (Å²) in [5.41, 5.74) is 21.6. The molecule has 8 heterocycles. The number of unbranched alkanes of at least 4 members (excludes halogenated alkanes) is 4. The van der Waals surface area contributed by atoms with E-state index in [0.29, 0.717) is 76.1 Å². The number of nitrogens with two attached hydrogens (primary N) is 1. The smallest absolute Gasteiger partial charge is 0.335 e. The molecular weight excluding hydrogens is 1890 g/mol. The second-order valence-corrected chi connectivity index (χ2v) is 43.8. The third-order valence-corrected chi connectivity index (χ3v) is 32.3. The van der Waals surface area contributed by atoms with Crippen LogP contribution in [0.2, 0.25) is 0 Å². The Morgan fingerprint density at radius 2 is 0.944 bits per heavy atom. The Hall–Kier alpha value is -12.6. The van der Waals surface area contributed by atoms with Gasteiger partial charge in [0, 0.05) is 98.4 Å². The Labute approximate surface area is 852 Å². The lowest BCUT2D eigenvalue weighted by Gasteiger charge is -2.37. The molecule has 2 saturated carbocycles. The minimum absolute atomic E-state index is 0.0264. The summed E-state index contributed by atoms with van der Waals surface area (Å²) in [6, 6.07) is 42.2. The molecule has 36 heteroatoms. The largest absolute Gasteiger partial charge is 0.478 e. The minimum atomic E-state index is -0.976. The number of β-amino-alcohol motifs (C(OH)–C–C–N with tert-alkyl or cyclic N) is 2. The van der Waals surface area contributed by atoms with Crippen LogP contribution in [0.25, 0.3) is 20.9 Å². The molecule has 143 heavy (non-hydrogen) atoms. The van der Waals surface area contributed by atoms with Gasteiger partial charge in [-0.2, -0.15) is 33.5 Å². The second-order valence-electron chi connectivity index (χ2n) is 38.6. The SMILES string of the molecule is CC(=O)C[C@H](C(=O)N1C[C@H](O)C[C@H]1C(=O)N[C@@H](C)c1ccc(-c2scnc2C)cc1)C(C)(C)SCCCCCNC(=O)c1ccc(Nc2ncc3c(n2)N(C2CCCC2)c2ccccc2C(=O)N3C)cc1.CC(=O)N[C@H](C(=O)N1C[C@H](O)C[C@H]1C(=O)N[C@@H](C)c1ccc(-c2scnc2C)cc1)C(C)(C)SCCCCCN.CN1C(=O)c2ccccc2N(C2CCCC2)c2nc(Nc3ccc(C(=O)O)cc3)ncc21. The first-order valence-electron chi connectivity index (χ1n) is 49.2. The maximum atomic E-state index is 14.3. The van der Waals surface area contributed by atoms with E-state index in [9.17, 15) is 58.2 Å². The molecule has 4 fully saturated rings. The molecule has 756 valence electrons. The number of para-hydroxylation sites is 2. The van der Waals surface area contributed by atoms with Crippen LogP contribution in [0.1, 0.15) is 241 Å². The number of carbonyl (C=O) groups is 10. The van der Waals surface area contributed by atoms with Crippen molar-refractivity contribution in [2.75, 3.05) is 82.0 Å². The molecule has 8 amide bonds. The van der Waals surface area contributed by atoms with Crippen LogP contribution in [-0.4, -0.2) is 218 Å². The van der Waals surface area contributed by atoms with Gasteiger partial charge in [-0.15, -0.1) is 22.7 Å². The summed E-state index contributed by atoms with van der Waals surface area (Å²) in [7, 11) is 3.51. The summed E-state index contributed by atoms with van der Waals surface area (Å²) in [6.07, 6.45) is 16.0. The van der Waals surface area contributed by atoms with Gasteiger partial charge in [0.25, 0.3) is 17.7 Å². The molecule has 6 aliphatic rings. The molecule has 6 aromatic carbocycles. The van der Waals surface area contributed by atoms with E-state index < -0.39 is 51.7 Å². The number of benzene rings is 6. The third kappa shape index (κ3) is 26.0. The van der Waals surface area contributed by atoms with Crippen molar-refractivity contribution in [2.24, 2.45) is 11.7 Å². The summed E-state index contributed by atoms with van der Waals surface area (Å²) < 4.78 is -1.26. The van der Waals surface area contributed by atoms with E-state index in [4.69, 9.17) is 20.8 Å². The number of hydrogen-bond acceptors (Lipinski definition) is 27. The first-order chi connectivity index (χ1) is 68.6. The molecule has 0 bridgehead atoms. The number of amides is 8. The van der Waals surface area contributed by atoms with Gasteiger partial charge in [-0.1, -0.05) is 111 Å². The zero-order chi connectivity index (χ0) is 102. The Balaban J connectivity index is 0.000000189. The Morgan fingerprint density at radius 3 is 1.36 bits per heavy atom. The van der Waals surface area contributed by atoms with E-state index >= 15 is 0 Å². The molecule has 10 aromatic rings. The summed E-state index contributed by atoms with van der Waals surface area (Å²) >= 11 is 6.41. The van der Waals surface area contributed by atoms with E-state index in [0.717, 1.165) is 156 Å². The lowest BCUT2D eigenvalue weighted by molar-refractivity contribution is -0.143. The quantitative estimate of drug-likeness (QED) is 0.0163. The van der Waals surface area contributed by atoms with Crippen LogP contribution in [0.4, 0.5) is 57.7 Å². The number of Topliss-reactive ketones (excluding diaryl/α,β-unsaturated/α-hetero) is 1. The van der Waals surface area contributed by atoms with Crippen molar-refractivity contribution in [3.05, 3.63) is 214 Å². The summed E-state index contributed by atoms with van der Waals surface area (Å²) in [5.74, 6) is -0.0895. The number of rotatable bonds is 36. The zero-order valence-corrected chi connectivity index (χ0v) is 86.5. The summed E-state index contributed by atoms with van der Waals surface area (Å²) in [6.45, 7) is 19.6. The second kappa shape index (κ2) is 48.2. The minimum Gasteiger partial charge on any atom is -0.478 e. The average molecular weight is 2020 g/mol. The zero-order valence-electron chi connectivity index (χ0n) is 83.2. The fraction of sp³-hybridized carbons (Fsp3) is 0.439. The number of carboxylic acid groups (broad SMARTS) is 1. The van der Waals surface area contributed by atoms with Gasteiger partial charge in [-0.25, -0.2) is 24.7 Å². The van der Waals surface area contributed by atoms with Crippen molar-refractivity contribution in [3.8, 4) is 20.9 Å². The van der Waals surface area contributed by atoms with Gasteiger partial charge in [0.1, 0.15) is 35.3 Å². The number of likely N-dealkylation sites (tertiary alicyclic amines) is 2. The van der Waals surface area contributed by atoms with Crippen LogP contribution in [0.15, 0.2) is 169 Å². The number of thiazole rings is 2. The number of ketones is 1. The molecule has 4 aliphatic heterocycles. The Morgan fingerprint density at radius 1 is 0.517 bits per heavy atom. The number of aliphatic hydroxyl groups excluding tert-OH is 2. The Bertz CT molecular complexity index is 6170. The first-order valence-corrected chi connectivity index (χ1v) is 52.9. The van der Waals surface area contributed by atoms with Crippen molar-refractivity contribution in [1.29, 1.82) is 0 Å². The normalized spacial score (nSPS) is 17.7. The van der Waals surface area contributed by atoms with E-state index in [1.54, 1.807) is 107 Å². The van der Waals surface area contributed by atoms with Crippen LogP contribution in [0, 0.1) is 19.8 Å². The first kappa shape index (κ1) is 106. The number of aliphatic hydroxyl groups is 2. The maximum absolute atomic E-state index is 14.3. The number of aryl methyl sites for hydroxylation is 2. The van der Waals surface area contributed by atoms with Crippen molar-refractivity contribution < 1.29 is 63.3 Å². The van der Waals surface area contributed by atoms with Crippen LogP contribution in [0.3, 0.4) is 0 Å². The Kier molecular flexibility index (Phi) is 35.8.